The van der Waals surface area contributed by atoms with E-state index in [4.69, 9.17) is 18.9 Å². The van der Waals surface area contributed by atoms with Crippen LogP contribution in [0.1, 0.15) is 15.9 Å². The van der Waals surface area contributed by atoms with Gasteiger partial charge in [-0.1, -0.05) is 12.1 Å². The molecular weight excluding hydrogens is 436 g/mol. The van der Waals surface area contributed by atoms with E-state index in [0.29, 0.717) is 28.7 Å². The van der Waals surface area contributed by atoms with E-state index in [1.807, 2.05) is 0 Å². The summed E-state index contributed by atoms with van der Waals surface area (Å²) in [6, 6.07) is 16.0. The standard InChI is InChI=1S/C22H18N2O7S/c25-22(24-16-5-7-19-21(10-16)31-13-29-19)15-2-1-3-17(9-15)32(26,27)23-11-14-4-6-18-20(8-14)30-12-28-18/h1-10,23H,11-13H2,(H,24,25). The molecule has 0 radical (unpaired) electrons. The van der Waals surface area contributed by atoms with Crippen LogP contribution in [0.4, 0.5) is 5.69 Å². The summed E-state index contributed by atoms with van der Waals surface area (Å²) in [5.41, 5.74) is 1.43. The summed E-state index contributed by atoms with van der Waals surface area (Å²) in [4.78, 5) is 12.6. The maximum absolute atomic E-state index is 12.8. The molecule has 1 amide bonds. The second kappa shape index (κ2) is 8.06. The van der Waals surface area contributed by atoms with Gasteiger partial charge in [-0.05, 0) is 48.0 Å². The lowest BCUT2D eigenvalue weighted by molar-refractivity contribution is 0.102. The van der Waals surface area contributed by atoms with Crippen LogP contribution in [-0.2, 0) is 16.6 Å². The molecule has 0 aromatic heterocycles. The lowest BCUT2D eigenvalue weighted by Gasteiger charge is -2.10. The number of hydrogen-bond donors (Lipinski definition) is 2. The molecule has 0 fully saturated rings. The van der Waals surface area contributed by atoms with Gasteiger partial charge in [0.25, 0.3) is 5.91 Å². The Kier molecular flexibility index (Phi) is 5.08. The van der Waals surface area contributed by atoms with Crippen molar-refractivity contribution in [2.24, 2.45) is 0 Å². The maximum atomic E-state index is 12.8. The SMILES string of the molecule is O=C(Nc1ccc2c(c1)OCO2)c1cccc(S(=O)(=O)NCc2ccc3c(c2)OCO3)c1. The lowest BCUT2D eigenvalue weighted by Crippen LogP contribution is -2.23. The zero-order valence-electron chi connectivity index (χ0n) is 16.7. The van der Waals surface area contributed by atoms with E-state index in [0.717, 1.165) is 5.56 Å². The summed E-state index contributed by atoms with van der Waals surface area (Å²) in [6.07, 6.45) is 0. The van der Waals surface area contributed by atoms with Crippen molar-refractivity contribution in [3.63, 3.8) is 0 Å². The predicted molar refractivity (Wildman–Crippen MR) is 114 cm³/mol. The van der Waals surface area contributed by atoms with Gasteiger partial charge < -0.3 is 24.3 Å². The monoisotopic (exact) mass is 454 g/mol. The molecule has 5 rings (SSSR count). The molecular formula is C22H18N2O7S. The van der Waals surface area contributed by atoms with Gasteiger partial charge in [-0.15, -0.1) is 0 Å². The molecule has 164 valence electrons. The maximum Gasteiger partial charge on any atom is 0.255 e. The molecule has 2 aliphatic heterocycles. The van der Waals surface area contributed by atoms with E-state index in [1.54, 1.807) is 42.5 Å². The van der Waals surface area contributed by atoms with Crippen LogP contribution in [0.3, 0.4) is 0 Å². The average molecular weight is 454 g/mol. The number of ether oxygens (including phenoxy) is 4. The van der Waals surface area contributed by atoms with E-state index in [9.17, 15) is 13.2 Å². The Hall–Kier alpha value is -3.76. The molecule has 10 heteroatoms. The molecule has 2 aliphatic rings. The highest BCUT2D eigenvalue weighted by Crippen LogP contribution is 2.34. The van der Waals surface area contributed by atoms with Gasteiger partial charge in [-0.3, -0.25) is 4.79 Å². The predicted octanol–water partition coefficient (Wildman–Crippen LogP) is 2.87. The topological polar surface area (TPSA) is 112 Å². The van der Waals surface area contributed by atoms with Crippen LogP contribution in [-0.4, -0.2) is 27.9 Å². The zero-order valence-corrected chi connectivity index (χ0v) is 17.5. The van der Waals surface area contributed by atoms with Crippen molar-refractivity contribution in [1.82, 2.24) is 4.72 Å². The number of rotatable bonds is 6. The normalized spacial score (nSPS) is 13.8. The Morgan fingerprint density at radius 2 is 1.50 bits per heavy atom. The number of carbonyl (C=O) groups excluding carboxylic acids is 1. The van der Waals surface area contributed by atoms with E-state index < -0.39 is 15.9 Å². The van der Waals surface area contributed by atoms with Crippen LogP contribution < -0.4 is 29.0 Å². The first-order valence-electron chi connectivity index (χ1n) is 9.67. The van der Waals surface area contributed by atoms with Gasteiger partial charge in [-0.25, -0.2) is 13.1 Å². The Balaban J connectivity index is 1.28. The van der Waals surface area contributed by atoms with Crippen molar-refractivity contribution in [2.75, 3.05) is 18.9 Å². The molecule has 0 aliphatic carbocycles. The van der Waals surface area contributed by atoms with Crippen LogP contribution >= 0.6 is 0 Å². The van der Waals surface area contributed by atoms with Crippen LogP contribution in [0.25, 0.3) is 0 Å². The minimum Gasteiger partial charge on any atom is -0.454 e. The number of hydrogen-bond acceptors (Lipinski definition) is 7. The molecule has 3 aromatic carbocycles. The third-order valence-corrected chi connectivity index (χ3v) is 6.34. The van der Waals surface area contributed by atoms with Crippen molar-refractivity contribution < 1.29 is 32.2 Å². The van der Waals surface area contributed by atoms with Crippen molar-refractivity contribution in [3.8, 4) is 23.0 Å². The number of fused-ring (bicyclic) bond motifs is 2. The zero-order chi connectivity index (χ0) is 22.1. The molecule has 0 saturated heterocycles. The number of amides is 1. The number of anilines is 1. The summed E-state index contributed by atoms with van der Waals surface area (Å²) < 4.78 is 49.2. The molecule has 0 bridgehead atoms. The first kappa shape index (κ1) is 20.2. The lowest BCUT2D eigenvalue weighted by atomic mass is 10.2. The van der Waals surface area contributed by atoms with Gasteiger partial charge in [0.15, 0.2) is 23.0 Å². The quantitative estimate of drug-likeness (QED) is 0.589. The molecule has 2 heterocycles. The first-order chi connectivity index (χ1) is 15.5. The minimum absolute atomic E-state index is 0.0171. The van der Waals surface area contributed by atoms with Crippen molar-refractivity contribution in [1.29, 1.82) is 0 Å². The van der Waals surface area contributed by atoms with Crippen molar-refractivity contribution >= 4 is 21.6 Å². The van der Waals surface area contributed by atoms with Crippen LogP contribution in [0.5, 0.6) is 23.0 Å². The fourth-order valence-electron chi connectivity index (χ4n) is 3.29. The Labute approximate surface area is 183 Å². The molecule has 0 spiro atoms. The van der Waals surface area contributed by atoms with Crippen LogP contribution in [0, 0.1) is 0 Å². The number of sulfonamides is 1. The van der Waals surface area contributed by atoms with E-state index in [-0.39, 0.29) is 30.6 Å². The minimum atomic E-state index is -3.85. The third kappa shape index (κ3) is 4.05. The van der Waals surface area contributed by atoms with Crippen LogP contribution in [0.2, 0.25) is 0 Å². The summed E-state index contributed by atoms with van der Waals surface area (Å²) in [5.74, 6) is 1.88. The highest BCUT2D eigenvalue weighted by molar-refractivity contribution is 7.89. The van der Waals surface area contributed by atoms with Crippen molar-refractivity contribution in [3.05, 3.63) is 71.8 Å². The highest BCUT2D eigenvalue weighted by atomic mass is 32.2. The molecule has 2 N–H and O–H groups in total. The van der Waals surface area contributed by atoms with Gasteiger partial charge in [0.05, 0.1) is 4.90 Å². The first-order valence-corrected chi connectivity index (χ1v) is 11.2. The number of carbonyl (C=O) groups is 1. The van der Waals surface area contributed by atoms with E-state index >= 15 is 0 Å². The number of nitrogens with one attached hydrogen (secondary N) is 2. The largest absolute Gasteiger partial charge is 0.454 e. The van der Waals surface area contributed by atoms with Gasteiger partial charge in [0, 0.05) is 23.9 Å². The second-order valence-corrected chi connectivity index (χ2v) is 8.83. The van der Waals surface area contributed by atoms with Gasteiger partial charge in [-0.2, -0.15) is 0 Å². The fourth-order valence-corrected chi connectivity index (χ4v) is 4.36. The molecule has 0 atom stereocenters. The number of benzene rings is 3. The van der Waals surface area contributed by atoms with Gasteiger partial charge >= 0.3 is 0 Å². The summed E-state index contributed by atoms with van der Waals surface area (Å²) >= 11 is 0. The Morgan fingerprint density at radius 3 is 2.28 bits per heavy atom. The fraction of sp³-hybridized carbons (Fsp3) is 0.136. The Morgan fingerprint density at radius 1 is 0.812 bits per heavy atom. The average Bonchev–Trinajstić information content (AvgIpc) is 3.46. The summed E-state index contributed by atoms with van der Waals surface area (Å²) in [5, 5.41) is 2.73. The molecule has 9 nitrogen and oxygen atoms in total. The van der Waals surface area contributed by atoms with Crippen LogP contribution in [0.15, 0.2) is 65.6 Å². The van der Waals surface area contributed by atoms with E-state index in [2.05, 4.69) is 10.0 Å². The van der Waals surface area contributed by atoms with E-state index in [1.165, 1.54) is 18.2 Å². The Bertz CT molecular complexity index is 1310. The molecule has 3 aromatic rings. The molecule has 0 unspecified atom stereocenters. The van der Waals surface area contributed by atoms with Crippen molar-refractivity contribution in [2.45, 2.75) is 11.4 Å². The van der Waals surface area contributed by atoms with Gasteiger partial charge in [0.2, 0.25) is 23.6 Å². The second-order valence-electron chi connectivity index (χ2n) is 7.06. The molecule has 0 saturated carbocycles. The third-order valence-electron chi connectivity index (χ3n) is 4.94. The van der Waals surface area contributed by atoms with Gasteiger partial charge in [0.1, 0.15) is 0 Å². The smallest absolute Gasteiger partial charge is 0.255 e. The summed E-state index contributed by atoms with van der Waals surface area (Å²) in [7, 11) is -3.85. The highest BCUT2D eigenvalue weighted by Gasteiger charge is 2.19. The summed E-state index contributed by atoms with van der Waals surface area (Å²) in [6.45, 7) is 0.337. The molecule has 32 heavy (non-hydrogen) atoms.